The van der Waals surface area contributed by atoms with Crippen LogP contribution < -0.4 is 0 Å². The van der Waals surface area contributed by atoms with Crippen LogP contribution in [0.15, 0.2) is 77.3 Å². The van der Waals surface area contributed by atoms with Crippen LogP contribution in [-0.2, 0) is 0 Å². The Hall–Kier alpha value is -2.96. The van der Waals surface area contributed by atoms with Gasteiger partial charge in [-0.1, -0.05) is 48.0 Å². The summed E-state index contributed by atoms with van der Waals surface area (Å²) in [5, 5.41) is 3.06. The molecule has 29 heavy (non-hydrogen) atoms. The van der Waals surface area contributed by atoms with E-state index in [-0.39, 0.29) is 0 Å². The molecule has 0 amide bonds. The van der Waals surface area contributed by atoms with E-state index in [1.165, 1.54) is 5.56 Å². The SMILES string of the molecule is Cc1ccc(Sn2cc(-c3nc(-c4ccccc4)cs3)c3nc(C)cnc32)cc1. The van der Waals surface area contributed by atoms with Crippen molar-refractivity contribution >= 4 is 34.4 Å². The van der Waals surface area contributed by atoms with Crippen LogP contribution in [0.1, 0.15) is 11.3 Å². The van der Waals surface area contributed by atoms with Crippen molar-refractivity contribution in [2.45, 2.75) is 18.7 Å². The second kappa shape index (κ2) is 7.46. The van der Waals surface area contributed by atoms with Crippen molar-refractivity contribution in [1.82, 2.24) is 18.9 Å². The van der Waals surface area contributed by atoms with Crippen LogP contribution in [0.2, 0.25) is 0 Å². The summed E-state index contributed by atoms with van der Waals surface area (Å²) in [5.74, 6) is 0. The van der Waals surface area contributed by atoms with Crippen LogP contribution in [0.4, 0.5) is 0 Å². The number of rotatable bonds is 4. The molecule has 5 rings (SSSR count). The Kier molecular flexibility index (Phi) is 4.66. The molecule has 0 aliphatic heterocycles. The van der Waals surface area contributed by atoms with Crippen molar-refractivity contribution in [2.24, 2.45) is 0 Å². The number of benzene rings is 2. The number of aryl methyl sites for hydroxylation is 2. The zero-order chi connectivity index (χ0) is 19.8. The molecule has 0 atom stereocenters. The average molecular weight is 415 g/mol. The van der Waals surface area contributed by atoms with Gasteiger partial charge in [0.15, 0.2) is 5.65 Å². The van der Waals surface area contributed by atoms with Gasteiger partial charge in [-0.15, -0.1) is 11.3 Å². The van der Waals surface area contributed by atoms with E-state index in [4.69, 9.17) is 9.97 Å². The van der Waals surface area contributed by atoms with Crippen molar-refractivity contribution < 1.29 is 0 Å². The number of hydrogen-bond donors (Lipinski definition) is 0. The maximum Gasteiger partial charge on any atom is 0.169 e. The summed E-state index contributed by atoms with van der Waals surface area (Å²) in [7, 11) is 0. The van der Waals surface area contributed by atoms with Gasteiger partial charge in [-0.25, -0.2) is 15.0 Å². The van der Waals surface area contributed by atoms with E-state index in [0.29, 0.717) is 0 Å². The molecule has 0 aliphatic rings. The lowest BCUT2D eigenvalue weighted by Crippen LogP contribution is -1.90. The minimum atomic E-state index is 0.854. The molecule has 0 aliphatic carbocycles. The second-order valence-corrected chi connectivity index (χ2v) is 8.77. The molecular weight excluding hydrogens is 396 g/mol. The minimum absolute atomic E-state index is 0.854. The lowest BCUT2D eigenvalue weighted by Gasteiger charge is -2.03. The molecule has 0 radical (unpaired) electrons. The average Bonchev–Trinajstić information content (AvgIpc) is 3.35. The first kappa shape index (κ1) is 18.1. The molecule has 0 spiro atoms. The molecule has 4 nitrogen and oxygen atoms in total. The summed E-state index contributed by atoms with van der Waals surface area (Å²) < 4.78 is 2.09. The highest BCUT2D eigenvalue weighted by atomic mass is 32.2. The normalized spacial score (nSPS) is 11.2. The van der Waals surface area contributed by atoms with E-state index in [0.717, 1.165) is 43.6 Å². The van der Waals surface area contributed by atoms with Gasteiger partial charge in [0, 0.05) is 22.0 Å². The minimum Gasteiger partial charge on any atom is -0.269 e. The van der Waals surface area contributed by atoms with E-state index in [2.05, 4.69) is 63.9 Å². The fourth-order valence-corrected chi connectivity index (χ4v) is 4.83. The summed E-state index contributed by atoms with van der Waals surface area (Å²) in [6.45, 7) is 4.07. The summed E-state index contributed by atoms with van der Waals surface area (Å²) in [6.07, 6.45) is 3.91. The van der Waals surface area contributed by atoms with Crippen molar-refractivity contribution in [3.63, 3.8) is 0 Å². The van der Waals surface area contributed by atoms with Crippen molar-refractivity contribution in [3.05, 3.63) is 83.6 Å². The van der Waals surface area contributed by atoms with Crippen molar-refractivity contribution in [1.29, 1.82) is 0 Å². The summed E-state index contributed by atoms with van der Waals surface area (Å²) in [6, 6.07) is 18.8. The van der Waals surface area contributed by atoms with Crippen LogP contribution >= 0.6 is 23.3 Å². The standard InChI is InChI=1S/C23H18N4S2/c1-15-8-10-18(11-9-15)29-27-13-19(21-22(27)24-12-16(2)25-21)23-26-20(14-28-23)17-6-4-3-5-7-17/h3-14H,1-2H3. The third-order valence-electron chi connectivity index (χ3n) is 4.61. The van der Waals surface area contributed by atoms with Crippen molar-refractivity contribution in [2.75, 3.05) is 0 Å². The Morgan fingerprint density at radius 3 is 2.52 bits per heavy atom. The highest BCUT2D eigenvalue weighted by Gasteiger charge is 2.17. The Balaban J connectivity index is 1.60. The Bertz CT molecular complexity index is 1290. The van der Waals surface area contributed by atoms with Gasteiger partial charge >= 0.3 is 0 Å². The number of hydrogen-bond acceptors (Lipinski definition) is 5. The third kappa shape index (κ3) is 3.57. The molecule has 0 unspecified atom stereocenters. The van der Waals surface area contributed by atoms with Gasteiger partial charge in [0.25, 0.3) is 0 Å². The summed E-state index contributed by atoms with van der Waals surface area (Å²) in [4.78, 5) is 15.5. The zero-order valence-corrected chi connectivity index (χ0v) is 17.7. The van der Waals surface area contributed by atoms with Gasteiger partial charge in [-0.2, -0.15) is 0 Å². The smallest absolute Gasteiger partial charge is 0.169 e. The fraction of sp³-hybridized carbons (Fsp3) is 0.0870. The van der Waals surface area contributed by atoms with E-state index in [9.17, 15) is 0 Å². The zero-order valence-electron chi connectivity index (χ0n) is 16.0. The molecule has 6 heteroatoms. The first-order valence-electron chi connectivity index (χ1n) is 9.28. The van der Waals surface area contributed by atoms with Crippen LogP contribution in [0.5, 0.6) is 0 Å². The topological polar surface area (TPSA) is 43.6 Å². The summed E-state index contributed by atoms with van der Waals surface area (Å²) in [5.41, 5.74) is 7.01. The molecule has 0 fully saturated rings. The van der Waals surface area contributed by atoms with Crippen LogP contribution in [0.25, 0.3) is 33.0 Å². The van der Waals surface area contributed by atoms with E-state index in [1.807, 2.05) is 31.3 Å². The number of fused-ring (bicyclic) bond motifs is 1. The summed E-state index contributed by atoms with van der Waals surface area (Å²) >= 11 is 3.28. The van der Waals surface area contributed by atoms with E-state index in [1.54, 1.807) is 23.3 Å². The second-order valence-electron chi connectivity index (χ2n) is 6.86. The molecule has 5 aromatic rings. The highest BCUT2D eigenvalue weighted by Crippen LogP contribution is 2.36. The molecule has 3 heterocycles. The van der Waals surface area contributed by atoms with Crippen molar-refractivity contribution in [3.8, 4) is 21.8 Å². The molecule has 142 valence electrons. The highest BCUT2D eigenvalue weighted by molar-refractivity contribution is 7.98. The first-order chi connectivity index (χ1) is 14.2. The molecule has 0 N–H and O–H groups in total. The van der Waals surface area contributed by atoms with Gasteiger partial charge in [-0.3, -0.25) is 3.97 Å². The maximum absolute atomic E-state index is 4.89. The predicted octanol–water partition coefficient (Wildman–Crippen LogP) is 6.39. The monoisotopic (exact) mass is 414 g/mol. The Labute approximate surface area is 177 Å². The van der Waals surface area contributed by atoms with Gasteiger partial charge < -0.3 is 0 Å². The molecule has 0 saturated carbocycles. The van der Waals surface area contributed by atoms with E-state index < -0.39 is 0 Å². The number of aromatic nitrogens is 4. The van der Waals surface area contributed by atoms with Gasteiger partial charge in [-0.05, 0) is 37.9 Å². The lowest BCUT2D eigenvalue weighted by molar-refractivity contribution is 1.16. The van der Waals surface area contributed by atoms with Gasteiger partial charge in [0.05, 0.1) is 23.1 Å². The third-order valence-corrected chi connectivity index (χ3v) is 6.45. The van der Waals surface area contributed by atoms with Gasteiger partial charge in [0.1, 0.15) is 10.5 Å². The molecule has 0 bridgehead atoms. The molecule has 2 aromatic carbocycles. The molecule has 3 aromatic heterocycles. The Morgan fingerprint density at radius 1 is 0.931 bits per heavy atom. The van der Waals surface area contributed by atoms with Crippen LogP contribution in [0.3, 0.4) is 0 Å². The quantitative estimate of drug-likeness (QED) is 0.341. The van der Waals surface area contributed by atoms with Crippen LogP contribution in [-0.4, -0.2) is 18.9 Å². The molecular formula is C23H18N4S2. The maximum atomic E-state index is 4.89. The fourth-order valence-electron chi connectivity index (χ4n) is 3.13. The lowest BCUT2D eigenvalue weighted by atomic mass is 10.2. The van der Waals surface area contributed by atoms with E-state index >= 15 is 0 Å². The molecule has 0 saturated heterocycles. The number of nitrogens with zero attached hydrogens (tertiary/aromatic N) is 4. The first-order valence-corrected chi connectivity index (χ1v) is 10.9. The Morgan fingerprint density at radius 2 is 1.72 bits per heavy atom. The predicted molar refractivity (Wildman–Crippen MR) is 121 cm³/mol. The van der Waals surface area contributed by atoms with Crippen LogP contribution in [0, 0.1) is 13.8 Å². The largest absolute Gasteiger partial charge is 0.269 e. The van der Waals surface area contributed by atoms with Gasteiger partial charge in [0.2, 0.25) is 0 Å². The number of thiazole rings is 1.